The van der Waals surface area contributed by atoms with Crippen molar-refractivity contribution in [2.45, 2.75) is 52.6 Å². The summed E-state index contributed by atoms with van der Waals surface area (Å²) < 4.78 is 28.2. The predicted octanol–water partition coefficient (Wildman–Crippen LogP) is 2.52. The first-order chi connectivity index (χ1) is 13.9. The summed E-state index contributed by atoms with van der Waals surface area (Å²) in [5, 5.41) is 6.74. The molecule has 0 amide bonds. The second kappa shape index (κ2) is 11.3. The first-order valence-corrected chi connectivity index (χ1v) is 12.0. The minimum absolute atomic E-state index is 0. The molecule has 30 heavy (non-hydrogen) atoms. The lowest BCUT2D eigenvalue weighted by Crippen LogP contribution is -2.50. The Morgan fingerprint density at radius 1 is 1.27 bits per heavy atom. The largest absolute Gasteiger partial charge is 0.357 e. The third-order valence-corrected chi connectivity index (χ3v) is 7.22. The molecule has 2 aromatic heterocycles. The van der Waals surface area contributed by atoms with Crippen LogP contribution >= 0.6 is 24.0 Å². The Kier molecular flexibility index (Phi) is 9.35. The summed E-state index contributed by atoms with van der Waals surface area (Å²) in [6, 6.07) is 6.26. The molecule has 3 rings (SSSR count). The van der Waals surface area contributed by atoms with Crippen LogP contribution in [0.25, 0.3) is 5.65 Å². The van der Waals surface area contributed by atoms with Gasteiger partial charge in [-0.2, -0.15) is 0 Å². The van der Waals surface area contributed by atoms with Crippen molar-refractivity contribution in [1.29, 1.82) is 0 Å². The maximum atomic E-state index is 12.2. The fraction of sp³-hybridized carbons (Fsp3) is 0.600. The maximum absolute atomic E-state index is 12.2. The van der Waals surface area contributed by atoms with Gasteiger partial charge in [0.2, 0.25) is 10.0 Å². The van der Waals surface area contributed by atoms with Gasteiger partial charge in [-0.15, -0.1) is 24.0 Å². The monoisotopic (exact) mass is 548 g/mol. The number of aryl methyl sites for hydroxylation is 1. The average molecular weight is 548 g/mol. The Hall–Kier alpha value is -1.40. The average Bonchev–Trinajstić information content (AvgIpc) is 3.11. The van der Waals surface area contributed by atoms with Gasteiger partial charge in [-0.25, -0.2) is 22.7 Å². The van der Waals surface area contributed by atoms with Crippen LogP contribution in [-0.2, 0) is 16.6 Å². The molecule has 0 bridgehead atoms. The molecule has 1 fully saturated rings. The van der Waals surface area contributed by atoms with E-state index in [1.165, 1.54) is 0 Å². The van der Waals surface area contributed by atoms with Crippen molar-refractivity contribution in [3.63, 3.8) is 0 Å². The van der Waals surface area contributed by atoms with Gasteiger partial charge in [-0.1, -0.05) is 13.0 Å². The number of nitrogens with zero attached hydrogens (tertiary/aromatic N) is 4. The number of nitrogens with one attached hydrogen (secondary N) is 2. The van der Waals surface area contributed by atoms with Crippen LogP contribution in [0, 0.1) is 6.92 Å². The zero-order chi connectivity index (χ0) is 20.9. The van der Waals surface area contributed by atoms with E-state index in [1.54, 1.807) is 4.31 Å². The van der Waals surface area contributed by atoms with E-state index >= 15 is 0 Å². The van der Waals surface area contributed by atoms with E-state index in [2.05, 4.69) is 38.0 Å². The van der Waals surface area contributed by atoms with Crippen LogP contribution in [0.1, 0.15) is 44.5 Å². The van der Waals surface area contributed by atoms with Crippen molar-refractivity contribution >= 4 is 45.6 Å². The third kappa shape index (κ3) is 6.30. The zero-order valence-electron chi connectivity index (χ0n) is 18.0. The fourth-order valence-corrected chi connectivity index (χ4v) is 5.16. The van der Waals surface area contributed by atoms with E-state index in [9.17, 15) is 8.42 Å². The molecule has 1 aliphatic heterocycles. The number of guanidine groups is 1. The standard InChI is InChI=1S/C20H32N6O2S.HI/c1-4-13-29(27,28)25-11-9-17(10-12-25)24-20(21-5-2)22-14-18-15-26-16(3)7-6-8-19(26)23-18;/h6-8,15,17H,4-5,9-14H2,1-3H3,(H2,21,22,24);1H. The molecule has 1 aliphatic rings. The van der Waals surface area contributed by atoms with Gasteiger partial charge >= 0.3 is 0 Å². The van der Waals surface area contributed by atoms with Gasteiger partial charge in [-0.05, 0) is 45.2 Å². The van der Waals surface area contributed by atoms with Gasteiger partial charge in [0.25, 0.3) is 0 Å². The SMILES string of the molecule is CCCS(=O)(=O)N1CCC(NC(=NCc2cn3c(C)cccc3n2)NCC)CC1.I. The molecule has 2 aromatic rings. The lowest BCUT2D eigenvalue weighted by Gasteiger charge is -2.32. The maximum Gasteiger partial charge on any atom is 0.214 e. The zero-order valence-corrected chi connectivity index (χ0v) is 21.1. The minimum atomic E-state index is -3.11. The number of rotatable bonds is 7. The quantitative estimate of drug-likeness (QED) is 0.315. The fourth-order valence-electron chi connectivity index (χ4n) is 3.61. The second-order valence-electron chi connectivity index (χ2n) is 7.46. The molecular weight excluding hydrogens is 515 g/mol. The Bertz CT molecular complexity index is 951. The van der Waals surface area contributed by atoms with Crippen LogP contribution in [0.15, 0.2) is 29.4 Å². The van der Waals surface area contributed by atoms with E-state index in [1.807, 2.05) is 32.2 Å². The molecule has 1 saturated heterocycles. The first-order valence-electron chi connectivity index (χ1n) is 10.4. The molecule has 0 aromatic carbocycles. The summed E-state index contributed by atoms with van der Waals surface area (Å²) in [7, 11) is -3.11. The highest BCUT2D eigenvalue weighted by Crippen LogP contribution is 2.15. The molecule has 3 heterocycles. The smallest absolute Gasteiger partial charge is 0.214 e. The Balaban J connectivity index is 0.00000320. The van der Waals surface area contributed by atoms with Crippen LogP contribution in [0.2, 0.25) is 0 Å². The number of hydrogen-bond donors (Lipinski definition) is 2. The number of hydrogen-bond acceptors (Lipinski definition) is 4. The molecule has 0 aliphatic carbocycles. The van der Waals surface area contributed by atoms with Crippen LogP contribution in [0.5, 0.6) is 0 Å². The molecular formula is C20H33IN6O2S. The molecule has 8 nitrogen and oxygen atoms in total. The number of aliphatic imine (C=N–C) groups is 1. The first kappa shape index (κ1) is 24.9. The van der Waals surface area contributed by atoms with Crippen LogP contribution in [0.4, 0.5) is 0 Å². The van der Waals surface area contributed by atoms with Crippen LogP contribution in [0.3, 0.4) is 0 Å². The van der Waals surface area contributed by atoms with Crippen molar-refractivity contribution < 1.29 is 8.42 Å². The van der Waals surface area contributed by atoms with Gasteiger partial charge in [0.1, 0.15) is 5.65 Å². The van der Waals surface area contributed by atoms with Crippen LogP contribution in [-0.4, -0.2) is 59.5 Å². The third-order valence-electron chi connectivity index (χ3n) is 5.14. The van der Waals surface area contributed by atoms with E-state index in [0.29, 0.717) is 26.1 Å². The van der Waals surface area contributed by atoms with Gasteiger partial charge in [0.15, 0.2) is 5.96 Å². The number of aromatic nitrogens is 2. The van der Waals surface area contributed by atoms with Crippen molar-refractivity contribution in [3.8, 4) is 0 Å². The van der Waals surface area contributed by atoms with E-state index in [0.717, 1.165) is 42.4 Å². The normalized spacial score (nSPS) is 16.4. The predicted molar refractivity (Wildman–Crippen MR) is 132 cm³/mol. The lowest BCUT2D eigenvalue weighted by atomic mass is 10.1. The van der Waals surface area contributed by atoms with Crippen molar-refractivity contribution in [2.75, 3.05) is 25.4 Å². The van der Waals surface area contributed by atoms with Gasteiger partial charge in [0.05, 0.1) is 18.0 Å². The van der Waals surface area contributed by atoms with E-state index < -0.39 is 10.0 Å². The van der Waals surface area contributed by atoms with Crippen LogP contribution < -0.4 is 10.6 Å². The minimum Gasteiger partial charge on any atom is -0.357 e. The molecule has 0 spiro atoms. The summed E-state index contributed by atoms with van der Waals surface area (Å²) >= 11 is 0. The van der Waals surface area contributed by atoms with Crippen molar-refractivity contribution in [1.82, 2.24) is 24.3 Å². The topological polar surface area (TPSA) is 91.1 Å². The number of imidazole rings is 1. The highest BCUT2D eigenvalue weighted by atomic mass is 127. The van der Waals surface area contributed by atoms with Crippen molar-refractivity contribution in [2.24, 2.45) is 4.99 Å². The highest BCUT2D eigenvalue weighted by Gasteiger charge is 2.27. The second-order valence-corrected chi connectivity index (χ2v) is 9.54. The highest BCUT2D eigenvalue weighted by molar-refractivity contribution is 14.0. The van der Waals surface area contributed by atoms with Gasteiger partial charge in [-0.3, -0.25) is 0 Å². The van der Waals surface area contributed by atoms with Gasteiger partial charge < -0.3 is 15.0 Å². The number of halogens is 1. The van der Waals surface area contributed by atoms with Gasteiger partial charge in [0, 0.05) is 37.6 Å². The van der Waals surface area contributed by atoms with E-state index in [4.69, 9.17) is 0 Å². The molecule has 168 valence electrons. The molecule has 0 atom stereocenters. The lowest BCUT2D eigenvalue weighted by molar-refractivity contribution is 0.306. The summed E-state index contributed by atoms with van der Waals surface area (Å²) in [5.41, 5.74) is 2.98. The number of sulfonamides is 1. The van der Waals surface area contributed by atoms with Crippen molar-refractivity contribution in [3.05, 3.63) is 35.8 Å². The summed E-state index contributed by atoms with van der Waals surface area (Å²) in [4.78, 5) is 9.32. The summed E-state index contributed by atoms with van der Waals surface area (Å²) in [5.74, 6) is 0.976. The molecule has 2 N–H and O–H groups in total. The number of fused-ring (bicyclic) bond motifs is 1. The molecule has 0 radical (unpaired) electrons. The molecule has 10 heteroatoms. The Morgan fingerprint density at radius 2 is 2.00 bits per heavy atom. The summed E-state index contributed by atoms with van der Waals surface area (Å²) in [6.45, 7) is 8.36. The molecule has 0 unspecified atom stereocenters. The number of pyridine rings is 1. The molecule has 0 saturated carbocycles. The summed E-state index contributed by atoms with van der Waals surface area (Å²) in [6.07, 6.45) is 4.23. The van der Waals surface area contributed by atoms with E-state index in [-0.39, 0.29) is 35.8 Å². The Morgan fingerprint density at radius 3 is 2.63 bits per heavy atom. The Labute approximate surface area is 196 Å². The number of piperidine rings is 1.